The summed E-state index contributed by atoms with van der Waals surface area (Å²) >= 11 is 11.8. The highest BCUT2D eigenvalue weighted by Crippen LogP contribution is 2.26. The molecule has 0 fully saturated rings. The molecule has 8 heteroatoms. The lowest BCUT2D eigenvalue weighted by molar-refractivity contribution is -0.117. The van der Waals surface area contributed by atoms with Crippen LogP contribution in [0.3, 0.4) is 0 Å². The molecule has 5 nitrogen and oxygen atoms in total. The van der Waals surface area contributed by atoms with Crippen molar-refractivity contribution in [2.24, 2.45) is 0 Å². The fraction of sp³-hybridized carbons (Fsp3) is 0.136. The van der Waals surface area contributed by atoms with Crippen LogP contribution >= 0.6 is 23.2 Å². The topological polar surface area (TPSA) is 72.5 Å². The Hall–Kier alpha value is -2.54. The minimum absolute atomic E-state index is 0.0211. The SMILES string of the molecule is COc1cccc(CC(=O)Cc2ccc(S(=O)(=O)Nc3ccc(Cl)c(Cl)c3)cc2)c1. The number of methoxy groups -OCH3 is 1. The second kappa shape index (κ2) is 9.51. The quantitative estimate of drug-likeness (QED) is 0.500. The molecule has 0 aliphatic carbocycles. The summed E-state index contributed by atoms with van der Waals surface area (Å²) in [5.41, 5.74) is 1.91. The molecule has 0 amide bonds. The first kappa shape index (κ1) is 22.2. The molecule has 0 atom stereocenters. The average molecular weight is 464 g/mol. The Morgan fingerprint density at radius 3 is 2.27 bits per heavy atom. The van der Waals surface area contributed by atoms with E-state index < -0.39 is 10.0 Å². The van der Waals surface area contributed by atoms with Gasteiger partial charge in [0.2, 0.25) is 0 Å². The van der Waals surface area contributed by atoms with E-state index in [4.69, 9.17) is 27.9 Å². The number of ketones is 1. The molecule has 0 aliphatic rings. The molecule has 3 aromatic rings. The standard InChI is InChI=1S/C22H19Cl2NO4S/c1-29-19-4-2-3-16(13-19)12-18(26)11-15-5-8-20(9-6-15)30(27,28)25-17-7-10-21(23)22(24)14-17/h2-10,13-14,25H,11-12H2,1H3. The molecule has 0 spiro atoms. The summed E-state index contributed by atoms with van der Waals surface area (Å²) in [7, 11) is -2.22. The predicted octanol–water partition coefficient (Wildman–Crippen LogP) is 5.16. The highest BCUT2D eigenvalue weighted by Gasteiger charge is 2.15. The Bertz CT molecular complexity index is 1160. The molecule has 0 aromatic heterocycles. The molecule has 0 radical (unpaired) electrons. The number of Topliss-reactive ketones (excluding diaryl/α,β-unsaturated/α-hetero) is 1. The van der Waals surface area contributed by atoms with E-state index in [0.717, 1.165) is 11.1 Å². The average Bonchev–Trinajstić information content (AvgIpc) is 2.71. The van der Waals surface area contributed by atoms with Gasteiger partial charge in [-0.3, -0.25) is 9.52 Å². The maximum Gasteiger partial charge on any atom is 0.261 e. The van der Waals surface area contributed by atoms with Gasteiger partial charge in [-0.1, -0.05) is 47.5 Å². The number of rotatable bonds is 8. The van der Waals surface area contributed by atoms with Crippen LogP contribution in [0.25, 0.3) is 0 Å². The third-order valence-corrected chi connectivity index (χ3v) is 6.48. The van der Waals surface area contributed by atoms with Crippen molar-refractivity contribution in [3.8, 4) is 5.75 Å². The number of benzene rings is 3. The van der Waals surface area contributed by atoms with E-state index in [1.54, 1.807) is 19.2 Å². The first-order valence-electron chi connectivity index (χ1n) is 8.98. The number of nitrogens with one attached hydrogen (secondary N) is 1. The van der Waals surface area contributed by atoms with Crippen LogP contribution in [0.4, 0.5) is 5.69 Å². The number of carbonyl (C=O) groups excluding carboxylic acids is 1. The summed E-state index contributed by atoms with van der Waals surface area (Å²) in [5, 5.41) is 0.587. The van der Waals surface area contributed by atoms with Crippen LogP contribution in [-0.4, -0.2) is 21.3 Å². The number of carbonyl (C=O) groups is 1. The van der Waals surface area contributed by atoms with Crippen LogP contribution in [-0.2, 0) is 27.7 Å². The Labute approximate surface area is 185 Å². The van der Waals surface area contributed by atoms with E-state index in [-0.39, 0.29) is 28.5 Å². The molecule has 0 heterocycles. The maximum absolute atomic E-state index is 12.6. The molecular weight excluding hydrogens is 445 g/mol. The van der Waals surface area contributed by atoms with Gasteiger partial charge in [0.05, 0.1) is 27.7 Å². The van der Waals surface area contributed by atoms with E-state index in [0.29, 0.717) is 16.5 Å². The lowest BCUT2D eigenvalue weighted by atomic mass is 10.0. The third kappa shape index (κ3) is 5.75. The second-order valence-corrected chi connectivity index (χ2v) is 9.12. The molecule has 3 rings (SSSR count). The Balaban J connectivity index is 1.66. The molecule has 0 bridgehead atoms. The number of sulfonamides is 1. The van der Waals surface area contributed by atoms with Crippen LogP contribution in [0.5, 0.6) is 5.75 Å². The Morgan fingerprint density at radius 1 is 0.900 bits per heavy atom. The van der Waals surface area contributed by atoms with Gasteiger partial charge in [-0.05, 0) is 53.6 Å². The van der Waals surface area contributed by atoms with Crippen LogP contribution in [0.15, 0.2) is 71.6 Å². The summed E-state index contributed by atoms with van der Waals surface area (Å²) in [6.07, 6.45) is 0.480. The zero-order valence-electron chi connectivity index (χ0n) is 16.1. The minimum atomic E-state index is -3.79. The number of hydrogen-bond donors (Lipinski definition) is 1. The summed E-state index contributed by atoms with van der Waals surface area (Å²) in [5.74, 6) is 0.720. The van der Waals surface area contributed by atoms with E-state index in [9.17, 15) is 13.2 Å². The first-order chi connectivity index (χ1) is 14.3. The molecule has 0 unspecified atom stereocenters. The second-order valence-electron chi connectivity index (χ2n) is 6.62. The predicted molar refractivity (Wildman–Crippen MR) is 119 cm³/mol. The summed E-state index contributed by atoms with van der Waals surface area (Å²) in [4.78, 5) is 12.5. The summed E-state index contributed by atoms with van der Waals surface area (Å²) in [6.45, 7) is 0. The van der Waals surface area contributed by atoms with Crippen molar-refractivity contribution in [1.82, 2.24) is 0 Å². The van der Waals surface area contributed by atoms with Crippen molar-refractivity contribution in [2.75, 3.05) is 11.8 Å². The monoisotopic (exact) mass is 463 g/mol. The fourth-order valence-electron chi connectivity index (χ4n) is 2.86. The maximum atomic E-state index is 12.6. The zero-order valence-corrected chi connectivity index (χ0v) is 18.4. The summed E-state index contributed by atoms with van der Waals surface area (Å²) in [6, 6.07) is 18.0. The fourth-order valence-corrected chi connectivity index (χ4v) is 4.21. The van der Waals surface area contributed by atoms with Gasteiger partial charge in [0.25, 0.3) is 10.0 Å². The van der Waals surface area contributed by atoms with Gasteiger partial charge >= 0.3 is 0 Å². The normalized spacial score (nSPS) is 11.2. The highest BCUT2D eigenvalue weighted by atomic mass is 35.5. The largest absolute Gasteiger partial charge is 0.497 e. The van der Waals surface area contributed by atoms with Crippen molar-refractivity contribution in [2.45, 2.75) is 17.7 Å². The molecule has 30 heavy (non-hydrogen) atoms. The van der Waals surface area contributed by atoms with Gasteiger partial charge in [0, 0.05) is 12.8 Å². The third-order valence-electron chi connectivity index (χ3n) is 4.34. The smallest absolute Gasteiger partial charge is 0.261 e. The van der Waals surface area contributed by atoms with Crippen LogP contribution in [0.2, 0.25) is 10.0 Å². The van der Waals surface area contributed by atoms with Crippen molar-refractivity contribution in [3.05, 3.63) is 87.9 Å². The van der Waals surface area contributed by atoms with Gasteiger partial charge in [0.1, 0.15) is 11.5 Å². The number of halogens is 2. The van der Waals surface area contributed by atoms with Crippen LogP contribution in [0.1, 0.15) is 11.1 Å². The van der Waals surface area contributed by atoms with Gasteiger partial charge in [0.15, 0.2) is 0 Å². The van der Waals surface area contributed by atoms with Crippen molar-refractivity contribution in [3.63, 3.8) is 0 Å². The lowest BCUT2D eigenvalue weighted by Crippen LogP contribution is -2.13. The molecular formula is C22H19Cl2NO4S. The molecule has 1 N–H and O–H groups in total. The van der Waals surface area contributed by atoms with Gasteiger partial charge in [-0.15, -0.1) is 0 Å². The molecule has 0 saturated carbocycles. The molecule has 3 aromatic carbocycles. The lowest BCUT2D eigenvalue weighted by Gasteiger charge is -2.10. The van der Waals surface area contributed by atoms with Crippen molar-refractivity contribution < 1.29 is 17.9 Å². The van der Waals surface area contributed by atoms with Crippen molar-refractivity contribution >= 4 is 44.7 Å². The first-order valence-corrected chi connectivity index (χ1v) is 11.2. The van der Waals surface area contributed by atoms with Crippen LogP contribution in [0, 0.1) is 0 Å². The van der Waals surface area contributed by atoms with Gasteiger partial charge in [-0.25, -0.2) is 8.42 Å². The van der Waals surface area contributed by atoms with Crippen LogP contribution < -0.4 is 9.46 Å². The minimum Gasteiger partial charge on any atom is -0.497 e. The van der Waals surface area contributed by atoms with E-state index in [1.807, 2.05) is 24.3 Å². The van der Waals surface area contributed by atoms with Gasteiger partial charge < -0.3 is 4.74 Å². The van der Waals surface area contributed by atoms with Crippen molar-refractivity contribution in [1.29, 1.82) is 0 Å². The number of ether oxygens (including phenoxy) is 1. The Kier molecular flexibility index (Phi) is 7.02. The van der Waals surface area contributed by atoms with E-state index in [2.05, 4.69) is 4.72 Å². The van der Waals surface area contributed by atoms with E-state index >= 15 is 0 Å². The van der Waals surface area contributed by atoms with E-state index in [1.165, 1.54) is 30.3 Å². The molecule has 0 aliphatic heterocycles. The zero-order chi connectivity index (χ0) is 21.7. The van der Waals surface area contributed by atoms with Gasteiger partial charge in [-0.2, -0.15) is 0 Å². The Morgan fingerprint density at radius 2 is 1.60 bits per heavy atom. The summed E-state index contributed by atoms with van der Waals surface area (Å²) < 4.78 is 32.8. The molecule has 0 saturated heterocycles. The highest BCUT2D eigenvalue weighted by molar-refractivity contribution is 7.92. The number of anilines is 1. The molecule has 156 valence electrons. The number of hydrogen-bond acceptors (Lipinski definition) is 4.